The average molecular weight is 223 g/mol. The second-order valence-corrected chi connectivity index (χ2v) is 3.97. The fraction of sp³-hybridized carbons (Fsp3) is 0.500. The SMILES string of the molecule is Cc1cc([N+](=O)[O-])cc(N2CC[C@H](O)C2)n1. The number of nitrogens with zero attached hydrogens (tertiary/aromatic N) is 3. The van der Waals surface area contributed by atoms with Gasteiger partial charge in [0.1, 0.15) is 5.82 Å². The molecule has 1 atom stereocenters. The van der Waals surface area contributed by atoms with Crippen LogP contribution in [0.4, 0.5) is 11.5 Å². The van der Waals surface area contributed by atoms with Gasteiger partial charge in [0.2, 0.25) is 0 Å². The summed E-state index contributed by atoms with van der Waals surface area (Å²) < 4.78 is 0. The molecule has 0 bridgehead atoms. The summed E-state index contributed by atoms with van der Waals surface area (Å²) in [6.45, 7) is 2.91. The lowest BCUT2D eigenvalue weighted by atomic mass is 10.3. The van der Waals surface area contributed by atoms with Crippen LogP contribution in [0.1, 0.15) is 12.1 Å². The van der Waals surface area contributed by atoms with E-state index in [1.807, 2.05) is 4.90 Å². The van der Waals surface area contributed by atoms with Crippen LogP contribution in [0.15, 0.2) is 12.1 Å². The van der Waals surface area contributed by atoms with E-state index in [-0.39, 0.29) is 11.8 Å². The standard InChI is InChI=1S/C10H13N3O3/c1-7-4-8(13(15)16)5-10(11-7)12-3-2-9(14)6-12/h4-5,9,14H,2-3,6H2,1H3/t9-/m0/s1. The molecular weight excluding hydrogens is 210 g/mol. The van der Waals surface area contributed by atoms with Crippen molar-refractivity contribution >= 4 is 11.5 Å². The van der Waals surface area contributed by atoms with Crippen LogP contribution in [0, 0.1) is 17.0 Å². The number of hydrogen-bond donors (Lipinski definition) is 1. The summed E-state index contributed by atoms with van der Waals surface area (Å²) in [5.41, 5.74) is 0.662. The normalized spacial score (nSPS) is 20.1. The average Bonchev–Trinajstić information content (AvgIpc) is 2.64. The quantitative estimate of drug-likeness (QED) is 0.594. The van der Waals surface area contributed by atoms with Crippen molar-refractivity contribution in [3.8, 4) is 0 Å². The van der Waals surface area contributed by atoms with Crippen LogP contribution in [0.3, 0.4) is 0 Å². The van der Waals surface area contributed by atoms with Crippen molar-refractivity contribution in [3.63, 3.8) is 0 Å². The summed E-state index contributed by atoms with van der Waals surface area (Å²) in [5, 5.41) is 20.1. The summed E-state index contributed by atoms with van der Waals surface area (Å²) >= 11 is 0. The van der Waals surface area contributed by atoms with Crippen LogP contribution in [0.5, 0.6) is 0 Å². The second kappa shape index (κ2) is 4.05. The molecular formula is C10H13N3O3. The van der Waals surface area contributed by atoms with Crippen molar-refractivity contribution in [2.45, 2.75) is 19.4 Å². The van der Waals surface area contributed by atoms with E-state index >= 15 is 0 Å². The molecule has 16 heavy (non-hydrogen) atoms. The van der Waals surface area contributed by atoms with E-state index in [1.54, 1.807) is 6.92 Å². The van der Waals surface area contributed by atoms with E-state index in [1.165, 1.54) is 12.1 Å². The third kappa shape index (κ3) is 2.11. The van der Waals surface area contributed by atoms with Crippen molar-refractivity contribution in [3.05, 3.63) is 27.9 Å². The highest BCUT2D eigenvalue weighted by molar-refractivity contribution is 5.49. The van der Waals surface area contributed by atoms with Crippen LogP contribution in [0.25, 0.3) is 0 Å². The maximum absolute atomic E-state index is 10.7. The first-order valence-electron chi connectivity index (χ1n) is 5.12. The smallest absolute Gasteiger partial charge is 0.274 e. The highest BCUT2D eigenvalue weighted by Crippen LogP contribution is 2.23. The molecule has 1 aliphatic rings. The molecule has 2 heterocycles. The van der Waals surface area contributed by atoms with Crippen molar-refractivity contribution in [2.75, 3.05) is 18.0 Å². The first kappa shape index (κ1) is 10.8. The Bertz CT molecular complexity index is 422. The lowest BCUT2D eigenvalue weighted by molar-refractivity contribution is -0.384. The van der Waals surface area contributed by atoms with Crippen molar-refractivity contribution in [1.82, 2.24) is 4.98 Å². The number of rotatable bonds is 2. The van der Waals surface area contributed by atoms with Crippen molar-refractivity contribution in [2.24, 2.45) is 0 Å². The van der Waals surface area contributed by atoms with Gasteiger partial charge in [0, 0.05) is 24.8 Å². The Morgan fingerprint density at radius 1 is 1.62 bits per heavy atom. The monoisotopic (exact) mass is 223 g/mol. The van der Waals surface area contributed by atoms with Gasteiger partial charge in [-0.25, -0.2) is 4.98 Å². The topological polar surface area (TPSA) is 79.5 Å². The van der Waals surface area contributed by atoms with Crippen LogP contribution in [0.2, 0.25) is 0 Å². The summed E-state index contributed by atoms with van der Waals surface area (Å²) in [7, 11) is 0. The summed E-state index contributed by atoms with van der Waals surface area (Å²) in [5.74, 6) is 0.572. The highest BCUT2D eigenvalue weighted by atomic mass is 16.6. The number of nitro groups is 1. The molecule has 0 amide bonds. The molecule has 6 nitrogen and oxygen atoms in total. The second-order valence-electron chi connectivity index (χ2n) is 3.97. The van der Waals surface area contributed by atoms with Crippen LogP contribution >= 0.6 is 0 Å². The minimum absolute atomic E-state index is 0.0453. The summed E-state index contributed by atoms with van der Waals surface area (Å²) in [6, 6.07) is 2.89. The van der Waals surface area contributed by atoms with Crippen molar-refractivity contribution in [1.29, 1.82) is 0 Å². The molecule has 0 aliphatic carbocycles. The molecule has 0 saturated carbocycles. The maximum atomic E-state index is 10.7. The number of aliphatic hydroxyl groups excluding tert-OH is 1. The van der Waals surface area contributed by atoms with E-state index in [0.29, 0.717) is 31.0 Å². The Hall–Kier alpha value is -1.69. The predicted molar refractivity (Wildman–Crippen MR) is 58.5 cm³/mol. The zero-order valence-corrected chi connectivity index (χ0v) is 8.96. The summed E-state index contributed by atoms with van der Waals surface area (Å²) in [4.78, 5) is 16.4. The number of anilines is 1. The maximum Gasteiger partial charge on any atom is 0.274 e. The van der Waals surface area contributed by atoms with Crippen molar-refractivity contribution < 1.29 is 10.0 Å². The molecule has 0 spiro atoms. The number of aryl methyl sites for hydroxylation is 1. The van der Waals surface area contributed by atoms with Gasteiger partial charge in [0.15, 0.2) is 0 Å². The van der Waals surface area contributed by atoms with Gasteiger partial charge in [-0.3, -0.25) is 10.1 Å². The lowest BCUT2D eigenvalue weighted by Crippen LogP contribution is -2.22. The van der Waals surface area contributed by atoms with Gasteiger partial charge in [-0.05, 0) is 13.3 Å². The fourth-order valence-electron chi connectivity index (χ4n) is 1.85. The molecule has 0 aromatic carbocycles. The predicted octanol–water partition coefficient (Wildman–Crippen LogP) is 0.869. The fourth-order valence-corrected chi connectivity index (χ4v) is 1.85. The molecule has 2 rings (SSSR count). The molecule has 1 N–H and O–H groups in total. The number of pyridine rings is 1. The summed E-state index contributed by atoms with van der Waals surface area (Å²) in [6.07, 6.45) is 0.324. The minimum atomic E-state index is -0.426. The zero-order chi connectivity index (χ0) is 11.7. The molecule has 1 aromatic rings. The van der Waals surface area contributed by atoms with Gasteiger partial charge < -0.3 is 10.0 Å². The van der Waals surface area contributed by atoms with E-state index < -0.39 is 4.92 Å². The molecule has 0 unspecified atom stereocenters. The highest BCUT2D eigenvalue weighted by Gasteiger charge is 2.23. The van der Waals surface area contributed by atoms with Crippen LogP contribution in [-0.2, 0) is 0 Å². The Labute approximate surface area is 92.7 Å². The Balaban J connectivity index is 2.30. The molecule has 1 fully saturated rings. The van der Waals surface area contributed by atoms with Crippen LogP contribution < -0.4 is 4.90 Å². The molecule has 1 aliphatic heterocycles. The van der Waals surface area contributed by atoms with E-state index in [9.17, 15) is 15.2 Å². The van der Waals surface area contributed by atoms with E-state index in [0.717, 1.165) is 0 Å². The Morgan fingerprint density at radius 2 is 2.38 bits per heavy atom. The van der Waals surface area contributed by atoms with Gasteiger partial charge in [-0.2, -0.15) is 0 Å². The van der Waals surface area contributed by atoms with Crippen LogP contribution in [-0.4, -0.2) is 34.2 Å². The minimum Gasteiger partial charge on any atom is -0.391 e. The first-order valence-corrected chi connectivity index (χ1v) is 5.12. The van der Waals surface area contributed by atoms with E-state index in [4.69, 9.17) is 0 Å². The first-order chi connectivity index (χ1) is 7.56. The third-order valence-corrected chi connectivity index (χ3v) is 2.62. The van der Waals surface area contributed by atoms with E-state index in [2.05, 4.69) is 4.98 Å². The van der Waals surface area contributed by atoms with Gasteiger partial charge >= 0.3 is 0 Å². The number of hydrogen-bond acceptors (Lipinski definition) is 5. The number of aromatic nitrogens is 1. The number of β-amino-alcohol motifs (C(OH)–C–C–N with tert-alkyl or cyclic N) is 1. The Morgan fingerprint density at radius 3 is 2.94 bits per heavy atom. The molecule has 86 valence electrons. The largest absolute Gasteiger partial charge is 0.391 e. The molecule has 1 saturated heterocycles. The number of aliphatic hydroxyl groups is 1. The Kier molecular flexibility index (Phi) is 2.74. The van der Waals surface area contributed by atoms with Gasteiger partial charge in [-0.15, -0.1) is 0 Å². The van der Waals surface area contributed by atoms with Gasteiger partial charge in [0.05, 0.1) is 17.1 Å². The van der Waals surface area contributed by atoms with Gasteiger partial charge in [0.25, 0.3) is 5.69 Å². The molecule has 6 heteroatoms. The zero-order valence-electron chi connectivity index (χ0n) is 8.96. The third-order valence-electron chi connectivity index (χ3n) is 2.62. The molecule has 0 radical (unpaired) electrons. The van der Waals surface area contributed by atoms with Gasteiger partial charge in [-0.1, -0.05) is 0 Å². The lowest BCUT2D eigenvalue weighted by Gasteiger charge is -2.16. The molecule has 1 aromatic heterocycles.